The highest BCUT2D eigenvalue weighted by Gasteiger charge is 2.44. The van der Waals surface area contributed by atoms with E-state index in [1.165, 1.54) is 12.3 Å². The second-order valence-corrected chi connectivity index (χ2v) is 7.13. The van der Waals surface area contributed by atoms with E-state index < -0.39 is 51.0 Å². The summed E-state index contributed by atoms with van der Waals surface area (Å²) in [5.41, 5.74) is 2.64. The fourth-order valence-electron chi connectivity index (χ4n) is 2.96. The first-order valence-electron chi connectivity index (χ1n) is 9.17. The number of hydrogen-bond donors (Lipinski definition) is 4. The first-order valence-corrected chi connectivity index (χ1v) is 9.99. The quantitative estimate of drug-likeness (QED) is 0.285. The second-order valence-electron chi connectivity index (χ2n) is 6.72. The van der Waals surface area contributed by atoms with Gasteiger partial charge in [-0.15, -0.1) is 0 Å². The molecule has 13 heteroatoms. The van der Waals surface area contributed by atoms with Crippen LogP contribution in [-0.2, 0) is 18.8 Å². The number of para-hydroxylation sites is 1. The highest BCUT2D eigenvalue weighted by atomic mass is 31.1. The van der Waals surface area contributed by atoms with Gasteiger partial charge in [0.15, 0.2) is 0 Å². The Bertz CT molecular complexity index is 975. The third-order valence-corrected chi connectivity index (χ3v) is 5.07. The zero-order valence-electron chi connectivity index (χ0n) is 16.2. The number of nitrogens with one attached hydrogen (secondary N) is 1. The molecule has 4 atom stereocenters. The molecule has 0 radical (unpaired) electrons. The molecule has 31 heavy (non-hydrogen) atoms. The van der Waals surface area contributed by atoms with Gasteiger partial charge < -0.3 is 30.2 Å². The number of aliphatic hydroxyl groups excluding tert-OH is 1. The number of benzene rings is 1. The number of carbonyl (C=O) groups is 1. The molecular weight excluding hydrogens is 431 g/mol. The molecule has 1 aromatic heterocycles. The molecule has 1 aliphatic heterocycles. The Morgan fingerprint density at radius 2 is 2.13 bits per heavy atom. The average Bonchev–Trinajstić information content (AvgIpc) is 3.11. The lowest BCUT2D eigenvalue weighted by Crippen LogP contribution is -2.56. The summed E-state index contributed by atoms with van der Waals surface area (Å²) in [5, 5.41) is 22.2. The van der Waals surface area contributed by atoms with E-state index in [9.17, 15) is 24.4 Å². The Morgan fingerprint density at radius 1 is 1.39 bits per heavy atom. The molecule has 2 heterocycles. The summed E-state index contributed by atoms with van der Waals surface area (Å²) in [4.78, 5) is 27.5. The standard InChI is InChI=1S/C18H21N4O8P/c19-14-6-7-22(17(26)20-14)15-8-12(23)13(30-15)9-29-18(16(24)25,21-31-27)10-28-11-4-2-1-3-5-11/h1-7,12-13,15,23H,8-10H2,(H,21,27)(H,24,25)(H2,19,20,26)/t12-,13+,15+,18?/m0/s1. The number of nitrogens with zero attached hydrogens (tertiary/aromatic N) is 2. The van der Waals surface area contributed by atoms with Crippen molar-refractivity contribution in [3.63, 3.8) is 0 Å². The Kier molecular flexibility index (Phi) is 7.31. The maximum Gasteiger partial charge on any atom is 0.355 e. The lowest BCUT2D eigenvalue weighted by molar-refractivity contribution is -0.181. The van der Waals surface area contributed by atoms with Crippen LogP contribution in [0.3, 0.4) is 0 Å². The van der Waals surface area contributed by atoms with Gasteiger partial charge in [-0.05, 0) is 18.2 Å². The van der Waals surface area contributed by atoms with Crippen molar-refractivity contribution in [2.24, 2.45) is 0 Å². The van der Waals surface area contributed by atoms with Gasteiger partial charge in [-0.3, -0.25) is 9.13 Å². The molecule has 0 saturated carbocycles. The molecule has 1 fully saturated rings. The summed E-state index contributed by atoms with van der Waals surface area (Å²) >= 11 is 0. The number of anilines is 1. The number of nitrogens with two attached hydrogens (primary N) is 1. The van der Waals surface area contributed by atoms with Gasteiger partial charge >= 0.3 is 11.7 Å². The van der Waals surface area contributed by atoms with Crippen molar-refractivity contribution in [1.82, 2.24) is 14.6 Å². The van der Waals surface area contributed by atoms with Crippen LogP contribution >= 0.6 is 8.61 Å². The highest BCUT2D eigenvalue weighted by Crippen LogP contribution is 2.29. The molecule has 0 bridgehead atoms. The number of carboxylic acid groups (broad SMARTS) is 1. The first kappa shape index (κ1) is 22.8. The second kappa shape index (κ2) is 9.94. The number of aliphatic carboxylic acids is 1. The molecule has 2 aromatic rings. The van der Waals surface area contributed by atoms with Crippen molar-refractivity contribution in [3.8, 4) is 5.75 Å². The summed E-state index contributed by atoms with van der Waals surface area (Å²) in [6, 6.07) is 9.82. The van der Waals surface area contributed by atoms with Crippen molar-refractivity contribution < 1.29 is 33.8 Å². The lowest BCUT2D eigenvalue weighted by atomic mass is 10.2. The van der Waals surface area contributed by atoms with Gasteiger partial charge in [-0.25, -0.2) is 9.59 Å². The van der Waals surface area contributed by atoms with Gasteiger partial charge in [0.25, 0.3) is 5.72 Å². The van der Waals surface area contributed by atoms with E-state index in [-0.39, 0.29) is 18.8 Å². The Balaban J connectivity index is 1.69. The van der Waals surface area contributed by atoms with Crippen LogP contribution in [0.15, 0.2) is 47.4 Å². The molecule has 166 valence electrons. The summed E-state index contributed by atoms with van der Waals surface area (Å²) < 4.78 is 28.9. The molecule has 0 amide bonds. The van der Waals surface area contributed by atoms with Gasteiger partial charge in [0.05, 0.1) is 12.7 Å². The van der Waals surface area contributed by atoms with Crippen molar-refractivity contribution >= 4 is 20.4 Å². The predicted octanol–water partition coefficient (Wildman–Crippen LogP) is 0.147. The van der Waals surface area contributed by atoms with Crippen molar-refractivity contribution in [2.75, 3.05) is 18.9 Å². The van der Waals surface area contributed by atoms with E-state index in [0.29, 0.717) is 5.75 Å². The first-order chi connectivity index (χ1) is 14.8. The number of hydrogen-bond acceptors (Lipinski definition) is 9. The smallest absolute Gasteiger partial charge is 0.355 e. The van der Waals surface area contributed by atoms with Crippen LogP contribution in [0.1, 0.15) is 12.6 Å². The zero-order chi connectivity index (χ0) is 22.4. The number of nitrogen functional groups attached to an aromatic ring is 1. The maximum atomic E-state index is 12.0. The van der Waals surface area contributed by atoms with E-state index in [2.05, 4.69) is 10.1 Å². The maximum absolute atomic E-state index is 12.0. The lowest BCUT2D eigenvalue weighted by Gasteiger charge is -2.29. The Hall–Kier alpha value is -2.89. The van der Waals surface area contributed by atoms with Crippen LogP contribution in [0.5, 0.6) is 5.75 Å². The van der Waals surface area contributed by atoms with E-state index >= 15 is 0 Å². The number of aromatic nitrogens is 2. The van der Waals surface area contributed by atoms with Crippen molar-refractivity contribution in [3.05, 3.63) is 53.1 Å². The van der Waals surface area contributed by atoms with Crippen LogP contribution in [0.4, 0.5) is 5.82 Å². The van der Waals surface area contributed by atoms with E-state index in [1.54, 1.807) is 30.3 Å². The fourth-order valence-corrected chi connectivity index (χ4v) is 3.33. The summed E-state index contributed by atoms with van der Waals surface area (Å²) in [6.07, 6.45) is -1.42. The minimum atomic E-state index is -2.18. The molecule has 1 aromatic carbocycles. The third-order valence-electron chi connectivity index (χ3n) is 4.62. The Labute approximate surface area is 177 Å². The summed E-state index contributed by atoms with van der Waals surface area (Å²) in [6.45, 7) is -0.906. The van der Waals surface area contributed by atoms with Crippen LogP contribution in [0, 0.1) is 0 Å². The topological polar surface area (TPSA) is 175 Å². The summed E-state index contributed by atoms with van der Waals surface area (Å²) in [7, 11) is -0.700. The van der Waals surface area contributed by atoms with Crippen LogP contribution < -0.4 is 21.2 Å². The van der Waals surface area contributed by atoms with Crippen molar-refractivity contribution in [1.29, 1.82) is 0 Å². The van der Waals surface area contributed by atoms with Gasteiger partial charge in [-0.2, -0.15) is 10.1 Å². The van der Waals surface area contributed by atoms with Crippen LogP contribution in [-0.4, -0.2) is 56.9 Å². The molecule has 1 saturated heterocycles. The zero-order valence-corrected chi connectivity index (χ0v) is 17.1. The van der Waals surface area contributed by atoms with Crippen LogP contribution in [0.2, 0.25) is 0 Å². The van der Waals surface area contributed by atoms with E-state index in [1.807, 2.05) is 0 Å². The Morgan fingerprint density at radius 3 is 2.77 bits per heavy atom. The minimum absolute atomic E-state index is 0.0483. The number of ether oxygens (including phenoxy) is 3. The van der Waals surface area contributed by atoms with Gasteiger partial charge in [-0.1, -0.05) is 18.2 Å². The number of aliphatic hydroxyl groups is 1. The van der Waals surface area contributed by atoms with Gasteiger partial charge in [0, 0.05) is 12.6 Å². The molecule has 3 rings (SSSR count). The highest BCUT2D eigenvalue weighted by molar-refractivity contribution is 7.21. The van der Waals surface area contributed by atoms with Crippen molar-refractivity contribution in [2.45, 2.75) is 30.6 Å². The molecule has 0 spiro atoms. The minimum Gasteiger partial charge on any atom is -0.488 e. The molecule has 5 N–H and O–H groups in total. The average molecular weight is 452 g/mol. The molecular formula is C18H21N4O8P. The normalized spacial score (nSPS) is 22.8. The van der Waals surface area contributed by atoms with Gasteiger partial charge in [0.2, 0.25) is 8.61 Å². The fraction of sp³-hybridized carbons (Fsp3) is 0.389. The van der Waals surface area contributed by atoms with E-state index in [0.717, 1.165) is 4.57 Å². The predicted molar refractivity (Wildman–Crippen MR) is 106 cm³/mol. The summed E-state index contributed by atoms with van der Waals surface area (Å²) in [5.74, 6) is -1.05. The molecule has 0 aliphatic carbocycles. The van der Waals surface area contributed by atoms with E-state index in [4.69, 9.17) is 19.9 Å². The largest absolute Gasteiger partial charge is 0.488 e. The molecule has 12 nitrogen and oxygen atoms in total. The monoisotopic (exact) mass is 452 g/mol. The molecule has 1 aliphatic rings. The van der Waals surface area contributed by atoms with Crippen LogP contribution in [0.25, 0.3) is 0 Å². The third kappa shape index (κ3) is 5.43. The number of carboxylic acids is 1. The SMILES string of the molecule is Nc1ccn([C@H]2C[C@H](O)[C@@H](COC(COc3ccccc3)(NP=O)C(=O)O)O2)c(=O)n1. The van der Waals surface area contributed by atoms with Gasteiger partial charge in [0.1, 0.15) is 30.5 Å². The molecule has 1 unspecified atom stereocenters. The number of rotatable bonds is 10.